The van der Waals surface area contributed by atoms with Crippen molar-refractivity contribution in [2.45, 2.75) is 6.92 Å². The summed E-state index contributed by atoms with van der Waals surface area (Å²) >= 11 is 1.60. The first-order valence-corrected chi connectivity index (χ1v) is 5.05. The highest BCUT2D eigenvalue weighted by molar-refractivity contribution is 7.98. The number of carbonyl (C=O) groups is 2. The van der Waals surface area contributed by atoms with Gasteiger partial charge in [0.1, 0.15) is 0 Å². The summed E-state index contributed by atoms with van der Waals surface area (Å²) in [5.41, 5.74) is 0. The molecule has 1 amide bonds. The topological polar surface area (TPSA) is 55.4 Å². The minimum Gasteiger partial charge on any atom is -0.459 e. The molecule has 0 fully saturated rings. The van der Waals surface area contributed by atoms with Gasteiger partial charge in [-0.2, -0.15) is 11.8 Å². The fourth-order valence-electron chi connectivity index (χ4n) is 0.535. The van der Waals surface area contributed by atoms with Gasteiger partial charge in [-0.05, 0) is 13.2 Å². The van der Waals surface area contributed by atoms with Crippen molar-refractivity contribution in [1.29, 1.82) is 0 Å². The SMILES string of the molecule is CCOC(=O)C(=O)NCCSC. The summed E-state index contributed by atoms with van der Waals surface area (Å²) in [6, 6.07) is 0. The van der Waals surface area contributed by atoms with Crippen LogP contribution in [0.2, 0.25) is 0 Å². The molecule has 5 heteroatoms. The van der Waals surface area contributed by atoms with E-state index in [-0.39, 0.29) is 6.61 Å². The molecule has 0 spiro atoms. The quantitative estimate of drug-likeness (QED) is 0.387. The van der Waals surface area contributed by atoms with Gasteiger partial charge in [0.15, 0.2) is 0 Å². The third-order valence-corrected chi connectivity index (χ3v) is 1.66. The second-order valence-electron chi connectivity index (χ2n) is 1.97. The molecule has 0 aromatic rings. The van der Waals surface area contributed by atoms with Crippen LogP contribution >= 0.6 is 11.8 Å². The number of nitrogens with one attached hydrogen (secondary N) is 1. The summed E-state index contributed by atoms with van der Waals surface area (Å²) < 4.78 is 4.48. The van der Waals surface area contributed by atoms with Gasteiger partial charge in [0.05, 0.1) is 6.61 Å². The minimum atomic E-state index is -0.807. The first-order valence-electron chi connectivity index (χ1n) is 3.66. The molecule has 0 aromatic carbocycles. The third-order valence-electron chi connectivity index (χ3n) is 1.05. The van der Waals surface area contributed by atoms with Gasteiger partial charge in [-0.3, -0.25) is 4.79 Å². The average Bonchev–Trinajstić information content (AvgIpc) is 2.05. The molecule has 70 valence electrons. The van der Waals surface area contributed by atoms with Crippen LogP contribution in [0.4, 0.5) is 0 Å². The van der Waals surface area contributed by atoms with Crippen LogP contribution in [-0.2, 0) is 14.3 Å². The van der Waals surface area contributed by atoms with Gasteiger partial charge in [0.25, 0.3) is 0 Å². The predicted molar refractivity (Wildman–Crippen MR) is 48.0 cm³/mol. The summed E-state index contributed by atoms with van der Waals surface area (Å²) in [7, 11) is 0. The van der Waals surface area contributed by atoms with Gasteiger partial charge >= 0.3 is 11.9 Å². The Morgan fingerprint density at radius 1 is 1.50 bits per heavy atom. The highest BCUT2D eigenvalue weighted by Crippen LogP contribution is 1.87. The van der Waals surface area contributed by atoms with E-state index in [1.165, 1.54) is 0 Å². The van der Waals surface area contributed by atoms with E-state index in [1.807, 2.05) is 6.26 Å². The monoisotopic (exact) mass is 191 g/mol. The fourth-order valence-corrected chi connectivity index (χ4v) is 0.842. The Bertz CT molecular complexity index is 161. The Labute approximate surface area is 76.0 Å². The highest BCUT2D eigenvalue weighted by atomic mass is 32.2. The van der Waals surface area contributed by atoms with E-state index in [0.29, 0.717) is 6.54 Å². The standard InChI is InChI=1S/C7H13NO3S/c1-3-11-7(10)6(9)8-4-5-12-2/h3-5H2,1-2H3,(H,8,9). The molecular formula is C7H13NO3S. The molecule has 0 atom stereocenters. The van der Waals surface area contributed by atoms with Crippen LogP contribution in [0.1, 0.15) is 6.92 Å². The smallest absolute Gasteiger partial charge is 0.396 e. The van der Waals surface area contributed by atoms with Gasteiger partial charge in [0, 0.05) is 12.3 Å². The van der Waals surface area contributed by atoms with E-state index >= 15 is 0 Å². The number of hydrogen-bond acceptors (Lipinski definition) is 4. The molecule has 0 aliphatic rings. The fraction of sp³-hybridized carbons (Fsp3) is 0.714. The van der Waals surface area contributed by atoms with Crippen molar-refractivity contribution in [3.8, 4) is 0 Å². The highest BCUT2D eigenvalue weighted by Gasteiger charge is 2.12. The third kappa shape index (κ3) is 5.01. The Morgan fingerprint density at radius 2 is 2.17 bits per heavy atom. The summed E-state index contributed by atoms with van der Waals surface area (Å²) in [5, 5.41) is 2.43. The van der Waals surface area contributed by atoms with Crippen LogP contribution in [0.25, 0.3) is 0 Å². The van der Waals surface area contributed by atoms with E-state index < -0.39 is 11.9 Å². The maximum atomic E-state index is 10.8. The Hall–Kier alpha value is -0.710. The van der Waals surface area contributed by atoms with Crippen molar-refractivity contribution in [2.75, 3.05) is 25.2 Å². The molecule has 1 N–H and O–H groups in total. The molecule has 0 saturated heterocycles. The molecule has 4 nitrogen and oxygen atoms in total. The van der Waals surface area contributed by atoms with Crippen molar-refractivity contribution in [3.05, 3.63) is 0 Å². The van der Waals surface area contributed by atoms with Gasteiger partial charge in [-0.1, -0.05) is 0 Å². The van der Waals surface area contributed by atoms with Crippen LogP contribution in [0.5, 0.6) is 0 Å². The zero-order chi connectivity index (χ0) is 9.40. The van der Waals surface area contributed by atoms with Crippen molar-refractivity contribution >= 4 is 23.6 Å². The number of amides is 1. The van der Waals surface area contributed by atoms with E-state index in [0.717, 1.165) is 5.75 Å². The summed E-state index contributed by atoms with van der Waals surface area (Å²) in [4.78, 5) is 21.5. The maximum absolute atomic E-state index is 10.8. The molecule has 0 aliphatic carbocycles. The van der Waals surface area contributed by atoms with Gasteiger partial charge in [-0.15, -0.1) is 0 Å². The van der Waals surface area contributed by atoms with Crippen molar-refractivity contribution in [1.82, 2.24) is 5.32 Å². The lowest BCUT2D eigenvalue weighted by Crippen LogP contribution is -2.33. The normalized spacial score (nSPS) is 9.17. The Kier molecular flexibility index (Phi) is 6.55. The molecule has 12 heavy (non-hydrogen) atoms. The second-order valence-corrected chi connectivity index (χ2v) is 2.95. The second kappa shape index (κ2) is 6.97. The zero-order valence-corrected chi connectivity index (χ0v) is 8.07. The van der Waals surface area contributed by atoms with Crippen LogP contribution in [0.15, 0.2) is 0 Å². The number of thioether (sulfide) groups is 1. The van der Waals surface area contributed by atoms with Crippen molar-refractivity contribution in [2.24, 2.45) is 0 Å². The molecule has 0 radical (unpaired) electrons. The Balaban J connectivity index is 3.50. The summed E-state index contributed by atoms with van der Waals surface area (Å²) in [6.45, 7) is 2.39. The molecule has 0 aromatic heterocycles. The number of ether oxygens (including phenoxy) is 1. The molecule has 0 unspecified atom stereocenters. The first-order chi connectivity index (χ1) is 5.72. The van der Waals surface area contributed by atoms with Crippen LogP contribution in [0.3, 0.4) is 0 Å². The number of rotatable bonds is 4. The maximum Gasteiger partial charge on any atom is 0.396 e. The van der Waals surface area contributed by atoms with E-state index in [9.17, 15) is 9.59 Å². The lowest BCUT2D eigenvalue weighted by atomic mass is 10.6. The zero-order valence-electron chi connectivity index (χ0n) is 7.25. The predicted octanol–water partition coefficient (Wildman–Crippen LogP) is 0.0287. The van der Waals surface area contributed by atoms with Crippen LogP contribution in [0, 0.1) is 0 Å². The lowest BCUT2D eigenvalue weighted by molar-refractivity contribution is -0.154. The van der Waals surface area contributed by atoms with E-state index in [2.05, 4.69) is 10.1 Å². The Morgan fingerprint density at radius 3 is 2.67 bits per heavy atom. The number of hydrogen-bond donors (Lipinski definition) is 1. The summed E-state index contributed by atoms with van der Waals surface area (Å²) in [6.07, 6.45) is 1.93. The largest absolute Gasteiger partial charge is 0.459 e. The minimum absolute atomic E-state index is 0.231. The van der Waals surface area contributed by atoms with Crippen LogP contribution in [-0.4, -0.2) is 37.0 Å². The van der Waals surface area contributed by atoms with Crippen molar-refractivity contribution in [3.63, 3.8) is 0 Å². The number of carbonyl (C=O) groups excluding carboxylic acids is 2. The average molecular weight is 191 g/mol. The molecule has 0 heterocycles. The van der Waals surface area contributed by atoms with Crippen molar-refractivity contribution < 1.29 is 14.3 Å². The number of esters is 1. The van der Waals surface area contributed by atoms with E-state index in [1.54, 1.807) is 18.7 Å². The molecule has 0 bridgehead atoms. The molecule has 0 aliphatic heterocycles. The van der Waals surface area contributed by atoms with Gasteiger partial charge in [0.2, 0.25) is 0 Å². The molecule has 0 saturated carbocycles. The lowest BCUT2D eigenvalue weighted by Gasteiger charge is -2.02. The molecule has 0 rings (SSSR count). The van der Waals surface area contributed by atoms with E-state index in [4.69, 9.17) is 0 Å². The molecular weight excluding hydrogens is 178 g/mol. The summed E-state index contributed by atoms with van der Waals surface area (Å²) in [5.74, 6) is -0.671. The van der Waals surface area contributed by atoms with Gasteiger partial charge < -0.3 is 10.1 Å². The van der Waals surface area contributed by atoms with Crippen LogP contribution < -0.4 is 5.32 Å². The first kappa shape index (κ1) is 11.3. The van der Waals surface area contributed by atoms with Gasteiger partial charge in [-0.25, -0.2) is 4.79 Å².